The molecule has 4 nitrogen and oxygen atoms in total. The van der Waals surface area contributed by atoms with Crippen LogP contribution in [0, 0.1) is 0 Å². The SMILES string of the molecule is NNc1nc(-c2ccc3ccccc3c2)nc2sccc12. The molecule has 0 radical (unpaired) electrons. The molecule has 0 spiro atoms. The van der Waals surface area contributed by atoms with Gasteiger partial charge in [0.15, 0.2) is 11.6 Å². The number of nitrogens with two attached hydrogens (primary N) is 1. The van der Waals surface area contributed by atoms with Crippen LogP contribution in [-0.4, -0.2) is 9.97 Å². The maximum atomic E-state index is 5.58. The highest BCUT2D eigenvalue weighted by Crippen LogP contribution is 2.29. The Morgan fingerprint density at radius 2 is 1.81 bits per heavy atom. The van der Waals surface area contributed by atoms with Gasteiger partial charge in [-0.3, -0.25) is 0 Å². The molecule has 0 atom stereocenters. The number of hydrogen-bond donors (Lipinski definition) is 2. The van der Waals surface area contributed by atoms with Crippen molar-refractivity contribution >= 4 is 38.1 Å². The van der Waals surface area contributed by atoms with Crippen LogP contribution in [0.1, 0.15) is 0 Å². The topological polar surface area (TPSA) is 63.8 Å². The molecular weight excluding hydrogens is 280 g/mol. The number of fused-ring (bicyclic) bond motifs is 2. The van der Waals surface area contributed by atoms with Gasteiger partial charge in [-0.05, 0) is 28.3 Å². The number of nitrogens with one attached hydrogen (secondary N) is 1. The number of benzene rings is 2. The predicted octanol–water partition coefficient (Wildman–Crippen LogP) is 3.80. The van der Waals surface area contributed by atoms with Gasteiger partial charge in [0, 0.05) is 5.56 Å². The second-order valence-corrected chi connectivity index (χ2v) is 5.64. The minimum atomic E-state index is 0.657. The number of anilines is 1. The van der Waals surface area contributed by atoms with E-state index in [0.29, 0.717) is 11.6 Å². The highest BCUT2D eigenvalue weighted by Gasteiger charge is 2.10. The Labute approximate surface area is 125 Å². The maximum absolute atomic E-state index is 5.58. The van der Waals surface area contributed by atoms with E-state index in [1.807, 2.05) is 29.6 Å². The zero-order valence-electron chi connectivity index (χ0n) is 11.1. The number of nitrogens with zero attached hydrogens (tertiary/aromatic N) is 2. The van der Waals surface area contributed by atoms with E-state index in [1.54, 1.807) is 11.3 Å². The molecule has 0 aliphatic carbocycles. The lowest BCUT2D eigenvalue weighted by Gasteiger charge is -2.06. The lowest BCUT2D eigenvalue weighted by atomic mass is 10.1. The third kappa shape index (κ3) is 2.03. The smallest absolute Gasteiger partial charge is 0.163 e. The van der Waals surface area contributed by atoms with E-state index >= 15 is 0 Å². The fraction of sp³-hybridized carbons (Fsp3) is 0. The molecule has 2 aromatic heterocycles. The molecule has 2 aromatic carbocycles. The highest BCUT2D eigenvalue weighted by atomic mass is 32.1. The van der Waals surface area contributed by atoms with E-state index in [9.17, 15) is 0 Å². The summed E-state index contributed by atoms with van der Waals surface area (Å²) in [7, 11) is 0. The normalized spacial score (nSPS) is 11.1. The number of aromatic nitrogens is 2. The van der Waals surface area contributed by atoms with Crippen LogP contribution in [-0.2, 0) is 0 Å². The maximum Gasteiger partial charge on any atom is 0.163 e. The molecule has 2 heterocycles. The minimum Gasteiger partial charge on any atom is -0.308 e. The summed E-state index contributed by atoms with van der Waals surface area (Å²) in [5, 5.41) is 5.32. The lowest BCUT2D eigenvalue weighted by molar-refractivity contribution is 1.20. The first-order valence-electron chi connectivity index (χ1n) is 6.56. The van der Waals surface area contributed by atoms with Crippen LogP contribution in [0.5, 0.6) is 0 Å². The molecule has 0 unspecified atom stereocenters. The van der Waals surface area contributed by atoms with E-state index in [1.165, 1.54) is 10.8 Å². The molecule has 0 aliphatic rings. The molecular formula is C16H12N4S. The van der Waals surface area contributed by atoms with Crippen LogP contribution in [0.15, 0.2) is 53.9 Å². The quantitative estimate of drug-likeness (QED) is 0.436. The molecule has 0 fully saturated rings. The van der Waals surface area contributed by atoms with Gasteiger partial charge in [-0.2, -0.15) is 0 Å². The molecule has 0 saturated carbocycles. The summed E-state index contributed by atoms with van der Waals surface area (Å²) in [4.78, 5) is 10.1. The van der Waals surface area contributed by atoms with Crippen molar-refractivity contribution in [3.8, 4) is 11.4 Å². The van der Waals surface area contributed by atoms with Gasteiger partial charge in [-0.25, -0.2) is 15.8 Å². The van der Waals surface area contributed by atoms with E-state index < -0.39 is 0 Å². The van der Waals surface area contributed by atoms with Gasteiger partial charge in [0.1, 0.15) is 4.83 Å². The van der Waals surface area contributed by atoms with Gasteiger partial charge in [0.2, 0.25) is 0 Å². The number of hydrazine groups is 1. The molecule has 0 aliphatic heterocycles. The molecule has 4 aromatic rings. The monoisotopic (exact) mass is 292 g/mol. The molecule has 0 amide bonds. The van der Waals surface area contributed by atoms with Crippen molar-refractivity contribution in [3.05, 3.63) is 53.9 Å². The second-order valence-electron chi connectivity index (χ2n) is 4.74. The number of nitrogen functional groups attached to an aromatic ring is 1. The molecule has 0 bridgehead atoms. The fourth-order valence-electron chi connectivity index (χ4n) is 2.42. The Morgan fingerprint density at radius 1 is 0.952 bits per heavy atom. The molecule has 3 N–H and O–H groups in total. The average Bonchev–Trinajstić information content (AvgIpc) is 3.02. The van der Waals surface area contributed by atoms with Gasteiger partial charge < -0.3 is 5.43 Å². The van der Waals surface area contributed by atoms with Crippen molar-refractivity contribution in [1.29, 1.82) is 0 Å². The van der Waals surface area contributed by atoms with Crippen LogP contribution in [0.3, 0.4) is 0 Å². The Bertz CT molecular complexity index is 945. The molecule has 102 valence electrons. The zero-order chi connectivity index (χ0) is 14.2. The van der Waals surface area contributed by atoms with E-state index in [2.05, 4.69) is 39.7 Å². The van der Waals surface area contributed by atoms with E-state index in [-0.39, 0.29) is 0 Å². The summed E-state index contributed by atoms with van der Waals surface area (Å²) >= 11 is 1.58. The third-order valence-electron chi connectivity index (χ3n) is 3.47. The fourth-order valence-corrected chi connectivity index (χ4v) is 3.19. The number of thiophene rings is 1. The Balaban J connectivity index is 1.94. The second kappa shape index (κ2) is 4.80. The number of hydrogen-bond acceptors (Lipinski definition) is 5. The highest BCUT2D eigenvalue weighted by molar-refractivity contribution is 7.16. The van der Waals surface area contributed by atoms with Crippen LogP contribution in [0.2, 0.25) is 0 Å². The lowest BCUT2D eigenvalue weighted by Crippen LogP contribution is -2.09. The third-order valence-corrected chi connectivity index (χ3v) is 4.28. The largest absolute Gasteiger partial charge is 0.308 e. The van der Waals surface area contributed by atoms with Crippen molar-refractivity contribution in [1.82, 2.24) is 9.97 Å². The van der Waals surface area contributed by atoms with Crippen LogP contribution in [0.25, 0.3) is 32.4 Å². The van der Waals surface area contributed by atoms with Crippen molar-refractivity contribution in [3.63, 3.8) is 0 Å². The van der Waals surface area contributed by atoms with E-state index in [4.69, 9.17) is 5.84 Å². The van der Waals surface area contributed by atoms with Crippen LogP contribution in [0.4, 0.5) is 5.82 Å². The first kappa shape index (κ1) is 12.3. The van der Waals surface area contributed by atoms with Crippen molar-refractivity contribution in [2.24, 2.45) is 5.84 Å². The summed E-state index contributed by atoms with van der Waals surface area (Å²) in [6.45, 7) is 0. The van der Waals surface area contributed by atoms with Crippen molar-refractivity contribution in [2.75, 3.05) is 5.43 Å². The molecule has 0 saturated heterocycles. The van der Waals surface area contributed by atoms with Gasteiger partial charge in [0.25, 0.3) is 0 Å². The van der Waals surface area contributed by atoms with Crippen molar-refractivity contribution < 1.29 is 0 Å². The molecule has 21 heavy (non-hydrogen) atoms. The minimum absolute atomic E-state index is 0.657. The first-order valence-corrected chi connectivity index (χ1v) is 7.44. The predicted molar refractivity (Wildman–Crippen MR) is 88.2 cm³/mol. The Morgan fingerprint density at radius 3 is 2.67 bits per heavy atom. The van der Waals surface area contributed by atoms with Gasteiger partial charge >= 0.3 is 0 Å². The van der Waals surface area contributed by atoms with E-state index in [0.717, 1.165) is 15.8 Å². The molecule has 5 heteroatoms. The average molecular weight is 292 g/mol. The van der Waals surface area contributed by atoms with Gasteiger partial charge in [-0.15, -0.1) is 11.3 Å². The standard InChI is InChI=1S/C16H12N4S/c17-20-15-13-7-8-21-16(13)19-14(18-15)12-6-5-10-3-1-2-4-11(10)9-12/h1-9H,17H2,(H,18,19,20). The summed E-state index contributed by atoms with van der Waals surface area (Å²) in [5.74, 6) is 6.92. The Hall–Kier alpha value is -2.50. The molecule has 4 rings (SSSR count). The first-order chi connectivity index (χ1) is 10.3. The van der Waals surface area contributed by atoms with Crippen LogP contribution >= 0.6 is 11.3 Å². The van der Waals surface area contributed by atoms with Crippen LogP contribution < -0.4 is 11.3 Å². The summed E-state index contributed by atoms with van der Waals surface area (Å²) in [5.41, 5.74) is 3.65. The zero-order valence-corrected chi connectivity index (χ0v) is 11.9. The van der Waals surface area contributed by atoms with Gasteiger partial charge in [0.05, 0.1) is 5.39 Å². The van der Waals surface area contributed by atoms with Gasteiger partial charge in [-0.1, -0.05) is 36.4 Å². The number of rotatable bonds is 2. The summed E-state index contributed by atoms with van der Waals surface area (Å²) in [6.07, 6.45) is 0. The summed E-state index contributed by atoms with van der Waals surface area (Å²) in [6, 6.07) is 16.4. The van der Waals surface area contributed by atoms with Crippen molar-refractivity contribution in [2.45, 2.75) is 0 Å². The summed E-state index contributed by atoms with van der Waals surface area (Å²) < 4.78 is 0. The Kier molecular flexibility index (Phi) is 2.80.